The van der Waals surface area contributed by atoms with Crippen LogP contribution < -0.4 is 4.72 Å². The van der Waals surface area contributed by atoms with Gasteiger partial charge in [0.1, 0.15) is 10.7 Å². The molecule has 0 amide bonds. The van der Waals surface area contributed by atoms with Crippen LogP contribution in [0.2, 0.25) is 0 Å². The minimum atomic E-state index is -4.17. The van der Waals surface area contributed by atoms with Crippen LogP contribution >= 0.6 is 0 Å². The molecule has 20 heavy (non-hydrogen) atoms. The molecule has 0 aliphatic heterocycles. The van der Waals surface area contributed by atoms with E-state index in [4.69, 9.17) is 5.11 Å². The minimum Gasteiger partial charge on any atom is -0.478 e. The molecule has 2 rings (SSSR count). The first-order valence-corrected chi connectivity index (χ1v) is 6.85. The van der Waals surface area contributed by atoms with Crippen LogP contribution in [-0.4, -0.2) is 29.7 Å². The van der Waals surface area contributed by atoms with Crippen molar-refractivity contribution in [3.05, 3.63) is 41.3 Å². The Bertz CT molecular complexity index is 770. The summed E-state index contributed by atoms with van der Waals surface area (Å²) >= 11 is 0. The minimum absolute atomic E-state index is 0.0178. The zero-order valence-electron chi connectivity index (χ0n) is 10.2. The summed E-state index contributed by atoms with van der Waals surface area (Å²) in [6.45, 7) is 1.67. The largest absolute Gasteiger partial charge is 0.478 e. The molecule has 0 saturated carbocycles. The summed E-state index contributed by atoms with van der Waals surface area (Å²) in [4.78, 5) is 10.0. The van der Waals surface area contributed by atoms with Gasteiger partial charge in [0.2, 0.25) is 0 Å². The van der Waals surface area contributed by atoms with Crippen molar-refractivity contribution in [2.24, 2.45) is 0 Å². The maximum atomic E-state index is 13.7. The number of rotatable bonds is 4. The summed E-state index contributed by atoms with van der Waals surface area (Å²) in [5, 5.41) is 14.9. The molecule has 0 unspecified atom stereocenters. The molecular formula is C11H10FN3O4S. The highest BCUT2D eigenvalue weighted by Crippen LogP contribution is 2.19. The average Bonchev–Trinajstić information content (AvgIpc) is 2.73. The predicted molar refractivity (Wildman–Crippen MR) is 67.5 cm³/mol. The summed E-state index contributed by atoms with van der Waals surface area (Å²) in [6, 6.07) is 3.98. The number of benzene rings is 1. The number of H-pyrrole nitrogens is 1. The van der Waals surface area contributed by atoms with Crippen LogP contribution in [0.15, 0.2) is 29.2 Å². The number of anilines is 1. The van der Waals surface area contributed by atoms with Gasteiger partial charge >= 0.3 is 5.97 Å². The Kier molecular flexibility index (Phi) is 3.45. The lowest BCUT2D eigenvalue weighted by atomic mass is 10.2. The molecule has 0 saturated heterocycles. The molecule has 9 heteroatoms. The van der Waals surface area contributed by atoms with Crippen molar-refractivity contribution in [1.29, 1.82) is 0 Å². The Hall–Kier alpha value is -2.42. The van der Waals surface area contributed by atoms with Crippen molar-refractivity contribution >= 4 is 21.8 Å². The highest BCUT2D eigenvalue weighted by Gasteiger charge is 2.21. The quantitative estimate of drug-likeness (QED) is 0.789. The lowest BCUT2D eigenvalue weighted by Gasteiger charge is -2.06. The van der Waals surface area contributed by atoms with Gasteiger partial charge in [-0.25, -0.2) is 17.6 Å². The first kappa shape index (κ1) is 14.0. The number of hydrogen-bond donors (Lipinski definition) is 3. The number of aromatic nitrogens is 2. The molecule has 0 spiro atoms. The van der Waals surface area contributed by atoms with Crippen molar-refractivity contribution in [2.45, 2.75) is 11.8 Å². The zero-order valence-corrected chi connectivity index (χ0v) is 11.0. The molecule has 0 atom stereocenters. The first-order valence-electron chi connectivity index (χ1n) is 5.37. The van der Waals surface area contributed by atoms with Gasteiger partial charge in [0.25, 0.3) is 10.0 Å². The number of nitrogens with one attached hydrogen (secondary N) is 2. The molecule has 0 radical (unpaired) electrons. The van der Waals surface area contributed by atoms with E-state index in [1.165, 1.54) is 6.07 Å². The highest BCUT2D eigenvalue weighted by molar-refractivity contribution is 7.92. The molecular weight excluding hydrogens is 289 g/mol. The van der Waals surface area contributed by atoms with Crippen molar-refractivity contribution in [1.82, 2.24) is 10.2 Å². The molecule has 0 fully saturated rings. The molecule has 0 aliphatic rings. The number of aryl methyl sites for hydroxylation is 1. The molecule has 7 nitrogen and oxygen atoms in total. The maximum Gasteiger partial charge on any atom is 0.335 e. The number of carboxylic acid groups (broad SMARTS) is 1. The predicted octanol–water partition coefficient (Wildman–Crippen LogP) is 1.36. The van der Waals surface area contributed by atoms with Crippen molar-refractivity contribution in [2.75, 3.05) is 4.72 Å². The average molecular weight is 299 g/mol. The van der Waals surface area contributed by atoms with Crippen molar-refractivity contribution in [3.8, 4) is 0 Å². The third-order valence-corrected chi connectivity index (χ3v) is 3.80. The fraction of sp³-hybridized carbons (Fsp3) is 0.0909. The highest BCUT2D eigenvalue weighted by atomic mass is 32.2. The fourth-order valence-corrected chi connectivity index (χ4v) is 2.57. The fourth-order valence-electron chi connectivity index (χ4n) is 1.51. The summed E-state index contributed by atoms with van der Waals surface area (Å²) in [6.07, 6.45) is 0. The van der Waals surface area contributed by atoms with Gasteiger partial charge in [-0.1, -0.05) is 0 Å². The van der Waals surface area contributed by atoms with E-state index in [1.54, 1.807) is 6.92 Å². The molecule has 1 aromatic carbocycles. The van der Waals surface area contributed by atoms with Gasteiger partial charge < -0.3 is 5.11 Å². The van der Waals surface area contributed by atoms with Crippen LogP contribution in [0, 0.1) is 12.7 Å². The van der Waals surface area contributed by atoms with Crippen LogP contribution in [0.5, 0.6) is 0 Å². The lowest BCUT2D eigenvalue weighted by Crippen LogP contribution is -2.15. The van der Waals surface area contributed by atoms with Gasteiger partial charge in [0.15, 0.2) is 5.82 Å². The van der Waals surface area contributed by atoms with Crippen molar-refractivity contribution in [3.63, 3.8) is 0 Å². The monoisotopic (exact) mass is 299 g/mol. The lowest BCUT2D eigenvalue weighted by molar-refractivity contribution is 0.0696. The molecule has 1 aromatic heterocycles. The van der Waals surface area contributed by atoms with Crippen LogP contribution in [0.3, 0.4) is 0 Å². The number of hydrogen-bond acceptors (Lipinski definition) is 4. The molecule has 3 N–H and O–H groups in total. The second kappa shape index (κ2) is 4.93. The summed E-state index contributed by atoms with van der Waals surface area (Å²) in [5.74, 6) is -2.47. The number of aromatic amines is 1. The first-order chi connectivity index (χ1) is 9.29. The normalized spacial score (nSPS) is 11.3. The molecule has 2 aromatic rings. The molecule has 0 aliphatic carbocycles. The van der Waals surface area contributed by atoms with E-state index >= 15 is 0 Å². The third kappa shape index (κ3) is 2.77. The number of carbonyl (C=O) groups is 1. The van der Waals surface area contributed by atoms with Crippen molar-refractivity contribution < 1.29 is 22.7 Å². The Labute approximate surface area is 113 Å². The van der Waals surface area contributed by atoms with E-state index in [-0.39, 0.29) is 11.4 Å². The van der Waals surface area contributed by atoms with E-state index in [0.29, 0.717) is 11.8 Å². The Morgan fingerprint density at radius 2 is 2.10 bits per heavy atom. The van der Waals surface area contributed by atoms with Crippen LogP contribution in [0.4, 0.5) is 10.2 Å². The molecule has 106 valence electrons. The maximum absolute atomic E-state index is 13.7. The SMILES string of the molecule is Cc1cc(NS(=O)(=O)c2ccc(C(=O)O)cc2F)n[nH]1. The van der Waals surface area contributed by atoms with Gasteiger partial charge in [-0.15, -0.1) is 0 Å². The topological polar surface area (TPSA) is 112 Å². The Balaban J connectivity index is 2.37. The zero-order chi connectivity index (χ0) is 14.9. The van der Waals surface area contributed by atoms with E-state index in [0.717, 1.165) is 12.1 Å². The van der Waals surface area contributed by atoms with Gasteiger partial charge in [-0.3, -0.25) is 9.82 Å². The van der Waals surface area contributed by atoms with E-state index in [2.05, 4.69) is 14.9 Å². The molecule has 0 bridgehead atoms. The van der Waals surface area contributed by atoms with Crippen LogP contribution in [0.25, 0.3) is 0 Å². The van der Waals surface area contributed by atoms with E-state index in [1.807, 2.05) is 0 Å². The van der Waals surface area contributed by atoms with Crippen LogP contribution in [0.1, 0.15) is 16.1 Å². The smallest absolute Gasteiger partial charge is 0.335 e. The Morgan fingerprint density at radius 3 is 2.60 bits per heavy atom. The van der Waals surface area contributed by atoms with Gasteiger partial charge in [-0.2, -0.15) is 5.10 Å². The third-order valence-electron chi connectivity index (χ3n) is 2.41. The molecule has 1 heterocycles. The van der Waals surface area contributed by atoms with Gasteiger partial charge in [0.05, 0.1) is 5.56 Å². The second-order valence-electron chi connectivity index (χ2n) is 3.99. The number of sulfonamides is 1. The van der Waals surface area contributed by atoms with E-state index < -0.39 is 26.7 Å². The van der Waals surface area contributed by atoms with Gasteiger partial charge in [0, 0.05) is 11.8 Å². The Morgan fingerprint density at radius 1 is 1.40 bits per heavy atom. The van der Waals surface area contributed by atoms with E-state index in [9.17, 15) is 17.6 Å². The van der Waals surface area contributed by atoms with Gasteiger partial charge in [-0.05, 0) is 25.1 Å². The summed E-state index contributed by atoms with van der Waals surface area (Å²) in [7, 11) is -4.17. The number of aromatic carboxylic acids is 1. The number of halogens is 1. The summed E-state index contributed by atoms with van der Waals surface area (Å²) < 4.78 is 39.7. The number of nitrogens with zero attached hydrogens (tertiary/aromatic N) is 1. The van der Waals surface area contributed by atoms with Crippen LogP contribution in [-0.2, 0) is 10.0 Å². The second-order valence-corrected chi connectivity index (χ2v) is 5.64. The number of carboxylic acids is 1. The summed E-state index contributed by atoms with van der Waals surface area (Å²) in [5.41, 5.74) is 0.293. The standard InChI is InChI=1S/C11H10FN3O4S/c1-6-4-10(14-13-6)15-20(18,19)9-3-2-7(11(16)17)5-8(9)12/h2-5H,1H3,(H,16,17)(H2,13,14,15).